The second-order valence-corrected chi connectivity index (χ2v) is 8.60. The zero-order valence-corrected chi connectivity index (χ0v) is 16.2. The van der Waals surface area contributed by atoms with Crippen LogP contribution in [0.1, 0.15) is 37.3 Å². The van der Waals surface area contributed by atoms with Crippen molar-refractivity contribution in [2.24, 2.45) is 0 Å². The van der Waals surface area contributed by atoms with Crippen LogP contribution in [0.4, 0.5) is 4.79 Å². The minimum Gasteiger partial charge on any atom is -0.459 e. The first-order valence-corrected chi connectivity index (χ1v) is 10.5. The van der Waals surface area contributed by atoms with Crippen molar-refractivity contribution in [2.75, 3.05) is 6.26 Å². The van der Waals surface area contributed by atoms with Crippen molar-refractivity contribution >= 4 is 26.8 Å². The van der Waals surface area contributed by atoms with Crippen LogP contribution in [0.15, 0.2) is 63.9 Å². The first-order valence-electron chi connectivity index (χ1n) is 8.59. The van der Waals surface area contributed by atoms with Gasteiger partial charge in [0.15, 0.2) is 9.84 Å². The molecule has 2 atom stereocenters. The van der Waals surface area contributed by atoms with Crippen LogP contribution < -0.4 is 10.6 Å². The van der Waals surface area contributed by atoms with Crippen molar-refractivity contribution in [3.05, 3.63) is 65.9 Å². The van der Waals surface area contributed by atoms with Gasteiger partial charge >= 0.3 is 6.03 Å². The highest BCUT2D eigenvalue weighted by atomic mass is 32.2. The Morgan fingerprint density at radius 1 is 0.963 bits per heavy atom. The first kappa shape index (κ1) is 19.0. The van der Waals surface area contributed by atoms with Crippen LogP contribution in [0.25, 0.3) is 11.0 Å². The standard InChI is InChI=1S/C20H22N2O4S/c1-13(15-8-10-17(11-9-15)27(3,24)25)21-20(23)22-14(2)19-12-16-6-4-5-7-18(16)26-19/h4-14H,1-3H3,(H2,21,22,23)/t13-,14+/m0/s1. The maximum absolute atomic E-state index is 12.3. The van der Waals surface area contributed by atoms with Gasteiger partial charge in [-0.05, 0) is 43.7 Å². The molecule has 0 radical (unpaired) electrons. The van der Waals surface area contributed by atoms with E-state index in [4.69, 9.17) is 4.42 Å². The lowest BCUT2D eigenvalue weighted by atomic mass is 10.1. The number of furan rings is 1. The van der Waals surface area contributed by atoms with Crippen molar-refractivity contribution in [3.8, 4) is 0 Å². The number of para-hydroxylation sites is 1. The summed E-state index contributed by atoms with van der Waals surface area (Å²) in [7, 11) is -3.24. The van der Waals surface area contributed by atoms with E-state index in [0.29, 0.717) is 5.76 Å². The Kier molecular flexibility index (Phi) is 5.23. The second kappa shape index (κ2) is 7.44. The molecule has 0 spiro atoms. The molecular formula is C20H22N2O4S. The molecule has 7 heteroatoms. The molecule has 0 unspecified atom stereocenters. The van der Waals surface area contributed by atoms with E-state index in [1.54, 1.807) is 12.1 Å². The number of benzene rings is 2. The molecule has 3 aromatic rings. The zero-order valence-electron chi connectivity index (χ0n) is 15.4. The van der Waals surface area contributed by atoms with E-state index in [0.717, 1.165) is 22.8 Å². The molecule has 0 aliphatic carbocycles. The molecule has 3 rings (SSSR count). The van der Waals surface area contributed by atoms with E-state index in [9.17, 15) is 13.2 Å². The van der Waals surface area contributed by atoms with Gasteiger partial charge in [0, 0.05) is 11.6 Å². The largest absolute Gasteiger partial charge is 0.459 e. The van der Waals surface area contributed by atoms with Gasteiger partial charge in [-0.1, -0.05) is 30.3 Å². The van der Waals surface area contributed by atoms with Crippen LogP contribution in [0, 0.1) is 0 Å². The molecule has 2 amide bonds. The van der Waals surface area contributed by atoms with Crippen LogP contribution in [-0.4, -0.2) is 20.7 Å². The Morgan fingerprint density at radius 3 is 2.22 bits per heavy atom. The second-order valence-electron chi connectivity index (χ2n) is 6.59. The highest BCUT2D eigenvalue weighted by Crippen LogP contribution is 2.23. The molecule has 0 saturated carbocycles. The number of nitrogens with one attached hydrogen (secondary N) is 2. The van der Waals surface area contributed by atoms with Gasteiger partial charge in [-0.2, -0.15) is 0 Å². The fourth-order valence-electron chi connectivity index (χ4n) is 2.81. The first-order chi connectivity index (χ1) is 12.7. The van der Waals surface area contributed by atoms with E-state index >= 15 is 0 Å². The van der Waals surface area contributed by atoms with Gasteiger partial charge in [0.05, 0.1) is 17.0 Å². The summed E-state index contributed by atoms with van der Waals surface area (Å²) < 4.78 is 28.8. The van der Waals surface area contributed by atoms with Crippen LogP contribution in [0.3, 0.4) is 0 Å². The molecule has 0 aliphatic rings. The fourth-order valence-corrected chi connectivity index (χ4v) is 3.44. The molecule has 6 nitrogen and oxygen atoms in total. The number of amides is 2. The molecule has 1 heterocycles. The Bertz CT molecular complexity index is 1020. The fraction of sp³-hybridized carbons (Fsp3) is 0.250. The monoisotopic (exact) mass is 386 g/mol. The normalized spacial score (nSPS) is 13.9. The number of carbonyl (C=O) groups is 1. The maximum atomic E-state index is 12.3. The van der Waals surface area contributed by atoms with Crippen molar-refractivity contribution < 1.29 is 17.6 Å². The number of sulfone groups is 1. The lowest BCUT2D eigenvalue weighted by Gasteiger charge is -2.17. The van der Waals surface area contributed by atoms with E-state index in [1.807, 2.05) is 44.2 Å². The summed E-state index contributed by atoms with van der Waals surface area (Å²) in [4.78, 5) is 12.5. The average Bonchev–Trinajstić information content (AvgIpc) is 3.05. The summed E-state index contributed by atoms with van der Waals surface area (Å²) in [5.74, 6) is 0.677. The Morgan fingerprint density at radius 2 is 1.59 bits per heavy atom. The molecule has 0 aliphatic heterocycles. The van der Waals surface area contributed by atoms with Gasteiger partial charge in [-0.15, -0.1) is 0 Å². The van der Waals surface area contributed by atoms with Gasteiger partial charge < -0.3 is 15.1 Å². The third-order valence-corrected chi connectivity index (χ3v) is 5.50. The van der Waals surface area contributed by atoms with Crippen LogP contribution in [0.2, 0.25) is 0 Å². The Hall–Kier alpha value is -2.80. The molecule has 142 valence electrons. The van der Waals surface area contributed by atoms with Gasteiger partial charge in [-0.3, -0.25) is 0 Å². The van der Waals surface area contributed by atoms with Crippen LogP contribution >= 0.6 is 0 Å². The lowest BCUT2D eigenvalue weighted by molar-refractivity contribution is 0.233. The van der Waals surface area contributed by atoms with Gasteiger partial charge in [0.1, 0.15) is 11.3 Å². The minimum absolute atomic E-state index is 0.251. The average molecular weight is 386 g/mol. The Labute approximate surface area is 158 Å². The van der Waals surface area contributed by atoms with Crippen LogP contribution in [0.5, 0.6) is 0 Å². The lowest BCUT2D eigenvalue weighted by Crippen LogP contribution is -2.38. The quantitative estimate of drug-likeness (QED) is 0.695. The van der Waals surface area contributed by atoms with E-state index in [-0.39, 0.29) is 23.0 Å². The highest BCUT2D eigenvalue weighted by Gasteiger charge is 2.16. The van der Waals surface area contributed by atoms with E-state index in [1.165, 1.54) is 12.1 Å². The molecule has 0 fully saturated rings. The maximum Gasteiger partial charge on any atom is 0.315 e. The minimum atomic E-state index is -3.24. The number of carbonyl (C=O) groups excluding carboxylic acids is 1. The van der Waals surface area contributed by atoms with Crippen molar-refractivity contribution in [1.29, 1.82) is 0 Å². The summed E-state index contributed by atoms with van der Waals surface area (Å²) in [5, 5.41) is 6.69. The zero-order chi connectivity index (χ0) is 19.6. The molecular weight excluding hydrogens is 364 g/mol. The van der Waals surface area contributed by atoms with Crippen LogP contribution in [-0.2, 0) is 9.84 Å². The van der Waals surface area contributed by atoms with Crippen molar-refractivity contribution in [2.45, 2.75) is 30.8 Å². The predicted octanol–water partition coefficient (Wildman–Crippen LogP) is 3.96. The number of hydrogen-bond acceptors (Lipinski definition) is 4. The number of rotatable bonds is 5. The number of hydrogen-bond donors (Lipinski definition) is 2. The molecule has 2 aromatic carbocycles. The van der Waals surface area contributed by atoms with E-state index < -0.39 is 9.84 Å². The summed E-state index contributed by atoms with van der Waals surface area (Å²) in [6, 6.07) is 15.2. The molecule has 0 saturated heterocycles. The van der Waals surface area contributed by atoms with E-state index in [2.05, 4.69) is 10.6 Å². The third-order valence-electron chi connectivity index (χ3n) is 4.37. The van der Waals surface area contributed by atoms with Crippen molar-refractivity contribution in [1.82, 2.24) is 10.6 Å². The molecule has 27 heavy (non-hydrogen) atoms. The van der Waals surface area contributed by atoms with Gasteiger partial charge in [0.25, 0.3) is 0 Å². The smallest absolute Gasteiger partial charge is 0.315 e. The van der Waals surface area contributed by atoms with Gasteiger partial charge in [-0.25, -0.2) is 13.2 Å². The number of fused-ring (bicyclic) bond motifs is 1. The summed E-state index contributed by atoms with van der Waals surface area (Å²) in [6.45, 7) is 3.68. The van der Waals surface area contributed by atoms with Crippen molar-refractivity contribution in [3.63, 3.8) is 0 Å². The van der Waals surface area contributed by atoms with Gasteiger partial charge in [0.2, 0.25) is 0 Å². The number of urea groups is 1. The summed E-state index contributed by atoms with van der Waals surface area (Å²) in [5.41, 5.74) is 1.59. The SMILES string of the molecule is C[C@H](NC(=O)N[C@H](C)c1cc2ccccc2o1)c1ccc(S(C)(=O)=O)cc1. The third kappa shape index (κ3) is 4.49. The summed E-state index contributed by atoms with van der Waals surface area (Å²) >= 11 is 0. The topological polar surface area (TPSA) is 88.4 Å². The predicted molar refractivity (Wildman–Crippen MR) is 104 cm³/mol. The highest BCUT2D eigenvalue weighted by molar-refractivity contribution is 7.90. The molecule has 1 aromatic heterocycles. The molecule has 0 bridgehead atoms. The Balaban J connectivity index is 1.62. The molecule has 2 N–H and O–H groups in total. The summed E-state index contributed by atoms with van der Waals surface area (Å²) in [6.07, 6.45) is 1.16.